The minimum atomic E-state index is -0.0332. The Balaban J connectivity index is 2.29. The summed E-state index contributed by atoms with van der Waals surface area (Å²) in [6.07, 6.45) is 4.55. The first-order valence-electron chi connectivity index (χ1n) is 8.16. The topological polar surface area (TPSA) is 50.4 Å². The van der Waals surface area contributed by atoms with Gasteiger partial charge in [0.1, 0.15) is 0 Å². The van der Waals surface area contributed by atoms with Crippen LogP contribution in [-0.4, -0.2) is 37.7 Å². The van der Waals surface area contributed by atoms with E-state index in [9.17, 15) is 4.79 Å². The Hall–Kier alpha value is -0.610. The maximum Gasteiger partial charge on any atom is 0.227 e. The molecule has 4 nitrogen and oxygen atoms in total. The first-order valence-corrected chi connectivity index (χ1v) is 8.16. The van der Waals surface area contributed by atoms with E-state index in [1.807, 2.05) is 0 Å². The third kappa shape index (κ3) is 6.23. The van der Waals surface area contributed by atoms with Crippen LogP contribution >= 0.6 is 0 Å². The minimum absolute atomic E-state index is 0.0332. The molecule has 1 heterocycles. The summed E-state index contributed by atoms with van der Waals surface area (Å²) in [5.41, 5.74) is 0. The van der Waals surface area contributed by atoms with Crippen molar-refractivity contribution < 1.29 is 9.53 Å². The van der Waals surface area contributed by atoms with Crippen LogP contribution in [0.1, 0.15) is 53.4 Å². The van der Waals surface area contributed by atoms with Gasteiger partial charge in [0.05, 0.1) is 19.1 Å². The number of amides is 1. The lowest BCUT2D eigenvalue weighted by Gasteiger charge is -2.21. The molecule has 1 saturated heterocycles. The number of hydrogen-bond donors (Lipinski definition) is 2. The van der Waals surface area contributed by atoms with Crippen LogP contribution in [0.25, 0.3) is 0 Å². The molecule has 0 aromatic rings. The normalized spacial score (nSPS) is 24.1. The highest BCUT2D eigenvalue weighted by Crippen LogP contribution is 2.15. The summed E-state index contributed by atoms with van der Waals surface area (Å²) in [5, 5.41) is 6.55. The standard InChI is InChI=1S/C16H32N2O2/c1-5-9-17-15-11-20-10-14(15)16(19)18-13(4)8-6-7-12(2)3/h12-15,17H,5-11H2,1-4H3,(H,18,19). The van der Waals surface area contributed by atoms with Crippen LogP contribution in [0.15, 0.2) is 0 Å². The minimum Gasteiger partial charge on any atom is -0.379 e. The van der Waals surface area contributed by atoms with Gasteiger partial charge in [0, 0.05) is 12.1 Å². The predicted molar refractivity (Wildman–Crippen MR) is 82.7 cm³/mol. The van der Waals surface area contributed by atoms with Crippen LogP contribution in [0.3, 0.4) is 0 Å². The summed E-state index contributed by atoms with van der Waals surface area (Å²) in [5.74, 6) is 0.853. The van der Waals surface area contributed by atoms with Crippen LogP contribution in [0, 0.1) is 11.8 Å². The van der Waals surface area contributed by atoms with E-state index >= 15 is 0 Å². The lowest BCUT2D eigenvalue weighted by atomic mass is 10.0. The van der Waals surface area contributed by atoms with E-state index in [-0.39, 0.29) is 23.9 Å². The third-order valence-corrected chi connectivity index (χ3v) is 3.88. The Kier molecular flexibility index (Phi) is 8.15. The highest BCUT2D eigenvalue weighted by molar-refractivity contribution is 5.80. The lowest BCUT2D eigenvalue weighted by molar-refractivity contribution is -0.126. The summed E-state index contributed by atoms with van der Waals surface area (Å²) >= 11 is 0. The Bertz CT molecular complexity index is 282. The first kappa shape index (κ1) is 17.4. The number of rotatable bonds is 9. The van der Waals surface area contributed by atoms with E-state index in [1.54, 1.807) is 0 Å². The van der Waals surface area contributed by atoms with Gasteiger partial charge in [0.25, 0.3) is 0 Å². The van der Waals surface area contributed by atoms with Gasteiger partial charge in [0.2, 0.25) is 5.91 Å². The molecule has 3 unspecified atom stereocenters. The summed E-state index contributed by atoms with van der Waals surface area (Å²) in [6, 6.07) is 0.437. The average molecular weight is 284 g/mol. The Morgan fingerprint density at radius 3 is 2.65 bits per heavy atom. The largest absolute Gasteiger partial charge is 0.379 e. The third-order valence-electron chi connectivity index (χ3n) is 3.88. The molecule has 1 fully saturated rings. The molecule has 0 aromatic carbocycles. The predicted octanol–water partition coefficient (Wildman–Crippen LogP) is 2.33. The fourth-order valence-corrected chi connectivity index (χ4v) is 2.60. The smallest absolute Gasteiger partial charge is 0.227 e. The Morgan fingerprint density at radius 2 is 2.00 bits per heavy atom. The number of carbonyl (C=O) groups is 1. The molecule has 2 N–H and O–H groups in total. The molecule has 3 atom stereocenters. The number of ether oxygens (including phenoxy) is 1. The zero-order chi connectivity index (χ0) is 15.0. The molecule has 0 spiro atoms. The molecule has 1 amide bonds. The van der Waals surface area contributed by atoms with Gasteiger partial charge < -0.3 is 15.4 Å². The van der Waals surface area contributed by atoms with Crippen molar-refractivity contribution in [2.45, 2.75) is 65.5 Å². The summed E-state index contributed by atoms with van der Waals surface area (Å²) in [6.45, 7) is 10.9. The molecule has 1 aliphatic rings. The van der Waals surface area contributed by atoms with Gasteiger partial charge in [-0.05, 0) is 32.2 Å². The van der Waals surface area contributed by atoms with E-state index in [4.69, 9.17) is 4.74 Å². The molecule has 0 bridgehead atoms. The van der Waals surface area contributed by atoms with E-state index < -0.39 is 0 Å². The van der Waals surface area contributed by atoms with Gasteiger partial charge in [-0.15, -0.1) is 0 Å². The second kappa shape index (κ2) is 9.35. The summed E-state index contributed by atoms with van der Waals surface area (Å²) in [4.78, 5) is 12.3. The molecular weight excluding hydrogens is 252 g/mol. The number of carbonyl (C=O) groups excluding carboxylic acids is 1. The fourth-order valence-electron chi connectivity index (χ4n) is 2.60. The number of hydrogen-bond acceptors (Lipinski definition) is 3. The van der Waals surface area contributed by atoms with E-state index in [0.29, 0.717) is 13.2 Å². The molecule has 20 heavy (non-hydrogen) atoms. The summed E-state index contributed by atoms with van der Waals surface area (Å²) in [7, 11) is 0. The molecule has 1 rings (SSSR count). The molecular formula is C16H32N2O2. The van der Waals surface area contributed by atoms with Crippen molar-refractivity contribution in [3.05, 3.63) is 0 Å². The van der Waals surface area contributed by atoms with Gasteiger partial charge in [-0.2, -0.15) is 0 Å². The van der Waals surface area contributed by atoms with Gasteiger partial charge in [-0.3, -0.25) is 4.79 Å². The van der Waals surface area contributed by atoms with E-state index in [1.165, 1.54) is 12.8 Å². The van der Waals surface area contributed by atoms with Crippen LogP contribution in [0.4, 0.5) is 0 Å². The molecule has 1 aliphatic heterocycles. The van der Waals surface area contributed by atoms with E-state index in [2.05, 4.69) is 38.3 Å². The highest BCUT2D eigenvalue weighted by atomic mass is 16.5. The van der Waals surface area contributed by atoms with E-state index in [0.717, 1.165) is 25.3 Å². The quantitative estimate of drug-likeness (QED) is 0.683. The van der Waals surface area contributed by atoms with Crippen molar-refractivity contribution in [1.29, 1.82) is 0 Å². The lowest BCUT2D eigenvalue weighted by Crippen LogP contribution is -2.46. The maximum atomic E-state index is 12.3. The van der Waals surface area contributed by atoms with Crippen molar-refractivity contribution in [2.75, 3.05) is 19.8 Å². The number of nitrogens with one attached hydrogen (secondary N) is 2. The van der Waals surface area contributed by atoms with Gasteiger partial charge in [-0.25, -0.2) is 0 Å². The molecule has 0 saturated carbocycles. The van der Waals surface area contributed by atoms with Crippen molar-refractivity contribution in [1.82, 2.24) is 10.6 Å². The SMILES string of the molecule is CCCNC1COCC1C(=O)NC(C)CCCC(C)C. The first-order chi connectivity index (χ1) is 9.54. The molecule has 0 aromatic heterocycles. The van der Waals surface area contributed by atoms with Crippen molar-refractivity contribution >= 4 is 5.91 Å². The molecule has 118 valence electrons. The van der Waals surface area contributed by atoms with Crippen molar-refractivity contribution in [3.63, 3.8) is 0 Å². The van der Waals surface area contributed by atoms with Gasteiger partial charge in [-0.1, -0.05) is 33.6 Å². The Labute approximate surface area is 124 Å². The summed E-state index contributed by atoms with van der Waals surface area (Å²) < 4.78 is 5.46. The molecule has 0 aliphatic carbocycles. The van der Waals surface area contributed by atoms with Crippen LogP contribution in [0.5, 0.6) is 0 Å². The van der Waals surface area contributed by atoms with Gasteiger partial charge >= 0.3 is 0 Å². The molecule has 4 heteroatoms. The maximum absolute atomic E-state index is 12.3. The van der Waals surface area contributed by atoms with Gasteiger partial charge in [0.15, 0.2) is 0 Å². The zero-order valence-electron chi connectivity index (χ0n) is 13.6. The zero-order valence-corrected chi connectivity index (χ0v) is 13.6. The van der Waals surface area contributed by atoms with Crippen LogP contribution in [-0.2, 0) is 9.53 Å². The second-order valence-electron chi connectivity index (χ2n) is 6.44. The van der Waals surface area contributed by atoms with Crippen LogP contribution < -0.4 is 10.6 Å². The second-order valence-corrected chi connectivity index (χ2v) is 6.44. The van der Waals surface area contributed by atoms with Crippen molar-refractivity contribution in [2.24, 2.45) is 11.8 Å². The van der Waals surface area contributed by atoms with Crippen LogP contribution in [0.2, 0.25) is 0 Å². The Morgan fingerprint density at radius 1 is 1.25 bits per heavy atom. The fraction of sp³-hybridized carbons (Fsp3) is 0.938. The monoisotopic (exact) mass is 284 g/mol. The molecule has 0 radical (unpaired) electrons. The highest BCUT2D eigenvalue weighted by Gasteiger charge is 2.33. The average Bonchev–Trinajstić information content (AvgIpc) is 2.84. The van der Waals surface area contributed by atoms with Crippen molar-refractivity contribution in [3.8, 4) is 0 Å².